The fraction of sp³-hybridized carbons (Fsp3) is 0.100. The minimum atomic E-state index is -0.727. The zero-order valence-electron chi connectivity index (χ0n) is 14.5. The first-order valence-electron chi connectivity index (χ1n) is 8.19. The number of hydrogen-bond donors (Lipinski definition) is 1. The van der Waals surface area contributed by atoms with Crippen LogP contribution in [-0.2, 0) is 0 Å². The molecule has 7 heteroatoms. The van der Waals surface area contributed by atoms with Crippen molar-refractivity contribution >= 4 is 49.9 Å². The number of hydrogen-bond acceptors (Lipinski definition) is 6. The van der Waals surface area contributed by atoms with Crippen molar-refractivity contribution in [2.24, 2.45) is 0 Å². The number of carbonyl (C=O) groups excluding carboxylic acids is 2. The van der Waals surface area contributed by atoms with Gasteiger partial charge in [0, 0.05) is 12.3 Å². The highest BCUT2D eigenvalue weighted by Crippen LogP contribution is 2.26. The van der Waals surface area contributed by atoms with E-state index in [0.717, 1.165) is 22.1 Å². The van der Waals surface area contributed by atoms with Crippen molar-refractivity contribution in [3.63, 3.8) is 0 Å². The van der Waals surface area contributed by atoms with Crippen LogP contribution in [0.15, 0.2) is 51.7 Å². The summed E-state index contributed by atoms with van der Waals surface area (Å²) in [5.41, 5.74) is 0.116. The largest absolute Gasteiger partial charge is 0.422 e. The van der Waals surface area contributed by atoms with E-state index in [1.54, 1.807) is 13.0 Å². The molecule has 0 radical (unpaired) electrons. The standard InChI is InChI=1S/C20H14N2O4S/c1-10-17(11(2)23)27-20(21-10)22-18(24)15-9-14-13-6-4-3-5-12(13)7-8-16(14)26-19(15)25/h3-9H,1-2H3,(H,21,22,24). The molecule has 0 spiro atoms. The Balaban J connectivity index is 1.78. The van der Waals surface area contributed by atoms with Crippen LogP contribution in [0.2, 0.25) is 0 Å². The normalized spacial score (nSPS) is 11.0. The van der Waals surface area contributed by atoms with Crippen molar-refractivity contribution in [1.82, 2.24) is 4.98 Å². The molecule has 0 saturated heterocycles. The number of benzene rings is 2. The molecule has 0 atom stereocenters. The molecule has 0 bridgehead atoms. The van der Waals surface area contributed by atoms with Gasteiger partial charge in [-0.2, -0.15) is 0 Å². The Bertz CT molecular complexity index is 1290. The van der Waals surface area contributed by atoms with Crippen LogP contribution in [0.25, 0.3) is 21.7 Å². The molecule has 1 N–H and O–H groups in total. The first-order valence-corrected chi connectivity index (χ1v) is 9.01. The van der Waals surface area contributed by atoms with Gasteiger partial charge in [-0.1, -0.05) is 41.7 Å². The number of rotatable bonds is 3. The van der Waals surface area contributed by atoms with Gasteiger partial charge in [-0.05, 0) is 29.8 Å². The van der Waals surface area contributed by atoms with Gasteiger partial charge in [-0.3, -0.25) is 14.9 Å². The molecule has 4 aromatic rings. The number of fused-ring (bicyclic) bond motifs is 3. The van der Waals surface area contributed by atoms with Crippen LogP contribution in [0.5, 0.6) is 0 Å². The molecule has 0 aliphatic heterocycles. The number of amides is 1. The summed E-state index contributed by atoms with van der Waals surface area (Å²) in [7, 11) is 0. The number of Topliss-reactive ketones (excluding diaryl/α,β-unsaturated/α-hetero) is 1. The maximum Gasteiger partial charge on any atom is 0.349 e. The molecular formula is C20H14N2O4S. The number of carbonyl (C=O) groups is 2. The lowest BCUT2D eigenvalue weighted by atomic mass is 10.0. The Hall–Kier alpha value is -3.32. The molecular weight excluding hydrogens is 364 g/mol. The maximum absolute atomic E-state index is 12.6. The predicted octanol–water partition coefficient (Wildman–Crippen LogP) is 4.17. The van der Waals surface area contributed by atoms with E-state index in [2.05, 4.69) is 10.3 Å². The summed E-state index contributed by atoms with van der Waals surface area (Å²) in [6, 6.07) is 12.8. The topological polar surface area (TPSA) is 89.3 Å². The Morgan fingerprint density at radius 3 is 2.63 bits per heavy atom. The van der Waals surface area contributed by atoms with Gasteiger partial charge in [-0.15, -0.1) is 0 Å². The number of anilines is 1. The van der Waals surface area contributed by atoms with Crippen LogP contribution < -0.4 is 10.9 Å². The SMILES string of the molecule is CC(=O)c1sc(NC(=O)c2cc3c(ccc4ccccc43)oc2=O)nc1C. The molecule has 6 nitrogen and oxygen atoms in total. The second-order valence-electron chi connectivity index (χ2n) is 6.09. The summed E-state index contributed by atoms with van der Waals surface area (Å²) in [4.78, 5) is 41.1. The van der Waals surface area contributed by atoms with Gasteiger partial charge in [0.05, 0.1) is 10.6 Å². The number of ketones is 1. The van der Waals surface area contributed by atoms with E-state index < -0.39 is 11.5 Å². The lowest BCUT2D eigenvalue weighted by molar-refractivity contribution is 0.101. The second-order valence-corrected chi connectivity index (χ2v) is 7.09. The number of aromatic nitrogens is 1. The van der Waals surface area contributed by atoms with E-state index in [4.69, 9.17) is 4.42 Å². The molecule has 2 aromatic carbocycles. The van der Waals surface area contributed by atoms with Crippen LogP contribution >= 0.6 is 11.3 Å². The lowest BCUT2D eigenvalue weighted by Crippen LogP contribution is -2.20. The van der Waals surface area contributed by atoms with Crippen molar-refractivity contribution in [2.75, 3.05) is 5.32 Å². The van der Waals surface area contributed by atoms with Crippen molar-refractivity contribution in [3.8, 4) is 0 Å². The Morgan fingerprint density at radius 1 is 1.11 bits per heavy atom. The van der Waals surface area contributed by atoms with Gasteiger partial charge in [0.1, 0.15) is 11.1 Å². The highest BCUT2D eigenvalue weighted by Gasteiger charge is 2.18. The van der Waals surface area contributed by atoms with Crippen molar-refractivity contribution in [1.29, 1.82) is 0 Å². The van der Waals surface area contributed by atoms with E-state index in [9.17, 15) is 14.4 Å². The first kappa shape index (κ1) is 17.1. The van der Waals surface area contributed by atoms with Gasteiger partial charge >= 0.3 is 5.63 Å². The van der Waals surface area contributed by atoms with Crippen molar-refractivity contribution in [2.45, 2.75) is 13.8 Å². The van der Waals surface area contributed by atoms with Crippen LogP contribution in [0, 0.1) is 6.92 Å². The molecule has 0 aliphatic carbocycles. The Morgan fingerprint density at radius 2 is 1.89 bits per heavy atom. The van der Waals surface area contributed by atoms with Crippen LogP contribution in [0.4, 0.5) is 5.13 Å². The van der Waals surface area contributed by atoms with E-state index in [-0.39, 0.29) is 16.5 Å². The van der Waals surface area contributed by atoms with Crippen LogP contribution in [-0.4, -0.2) is 16.7 Å². The van der Waals surface area contributed by atoms with Crippen LogP contribution in [0.1, 0.15) is 32.6 Å². The lowest BCUT2D eigenvalue weighted by Gasteiger charge is -2.05. The molecule has 0 fully saturated rings. The molecule has 27 heavy (non-hydrogen) atoms. The van der Waals surface area contributed by atoms with Gasteiger partial charge in [0.2, 0.25) is 0 Å². The molecule has 134 valence electrons. The van der Waals surface area contributed by atoms with Gasteiger partial charge in [0.15, 0.2) is 10.9 Å². The summed E-state index contributed by atoms with van der Waals surface area (Å²) in [6.07, 6.45) is 0. The molecule has 2 heterocycles. The zero-order chi connectivity index (χ0) is 19.1. The third-order valence-corrected chi connectivity index (χ3v) is 5.40. The van der Waals surface area contributed by atoms with E-state index >= 15 is 0 Å². The Kier molecular flexibility index (Phi) is 4.08. The average Bonchev–Trinajstić information content (AvgIpc) is 3.01. The maximum atomic E-state index is 12.6. The third-order valence-electron chi connectivity index (χ3n) is 4.22. The second kappa shape index (κ2) is 6.44. The van der Waals surface area contributed by atoms with Gasteiger partial charge < -0.3 is 4.42 Å². The summed E-state index contributed by atoms with van der Waals surface area (Å²) in [5.74, 6) is -0.746. The van der Waals surface area contributed by atoms with E-state index in [1.165, 1.54) is 13.0 Å². The molecule has 2 aromatic heterocycles. The van der Waals surface area contributed by atoms with Gasteiger partial charge in [0.25, 0.3) is 5.91 Å². The molecule has 0 unspecified atom stereocenters. The highest BCUT2D eigenvalue weighted by molar-refractivity contribution is 7.17. The minimum Gasteiger partial charge on any atom is -0.422 e. The van der Waals surface area contributed by atoms with Crippen molar-refractivity contribution in [3.05, 3.63) is 69.0 Å². The van der Waals surface area contributed by atoms with Crippen molar-refractivity contribution < 1.29 is 14.0 Å². The van der Waals surface area contributed by atoms with E-state index in [1.807, 2.05) is 30.3 Å². The minimum absolute atomic E-state index is 0.115. The summed E-state index contributed by atoms with van der Waals surface area (Å²) >= 11 is 1.08. The summed E-state index contributed by atoms with van der Waals surface area (Å²) < 4.78 is 5.34. The fourth-order valence-electron chi connectivity index (χ4n) is 2.97. The Labute approximate surface area is 157 Å². The average molecular weight is 378 g/mol. The first-order chi connectivity index (χ1) is 12.9. The molecule has 1 amide bonds. The molecule has 0 aliphatic rings. The summed E-state index contributed by atoms with van der Waals surface area (Å²) in [5, 5.41) is 5.39. The fourth-order valence-corrected chi connectivity index (χ4v) is 3.83. The zero-order valence-corrected chi connectivity index (χ0v) is 15.3. The molecule has 0 saturated carbocycles. The highest BCUT2D eigenvalue weighted by atomic mass is 32.1. The number of nitrogens with zero attached hydrogens (tertiary/aromatic N) is 1. The third kappa shape index (κ3) is 3.02. The number of thiazole rings is 1. The monoisotopic (exact) mass is 378 g/mol. The number of aryl methyl sites for hydroxylation is 1. The predicted molar refractivity (Wildman–Crippen MR) is 105 cm³/mol. The molecule has 4 rings (SSSR count). The van der Waals surface area contributed by atoms with Crippen LogP contribution in [0.3, 0.4) is 0 Å². The quantitative estimate of drug-likeness (QED) is 0.328. The van der Waals surface area contributed by atoms with Gasteiger partial charge in [-0.25, -0.2) is 9.78 Å². The smallest absolute Gasteiger partial charge is 0.349 e. The van der Waals surface area contributed by atoms with E-state index in [0.29, 0.717) is 21.5 Å². The number of nitrogens with one attached hydrogen (secondary N) is 1. The summed E-state index contributed by atoms with van der Waals surface area (Å²) in [6.45, 7) is 3.13.